The Morgan fingerprint density at radius 1 is 1.23 bits per heavy atom. The third-order valence-electron chi connectivity index (χ3n) is 3.56. The molecule has 5 N–H and O–H groups in total. The highest BCUT2D eigenvalue weighted by Gasteiger charge is 2.45. The van der Waals surface area contributed by atoms with Gasteiger partial charge in [-0.15, -0.1) is 0 Å². The van der Waals surface area contributed by atoms with Crippen LogP contribution in [0.1, 0.15) is 20.3 Å². The van der Waals surface area contributed by atoms with Gasteiger partial charge in [-0.05, 0) is 0 Å². The normalized spacial score (nSPS) is 27.8. The van der Waals surface area contributed by atoms with Crippen LogP contribution in [-0.2, 0) is 23.8 Å². The maximum absolute atomic E-state index is 11.6. The van der Waals surface area contributed by atoms with Crippen LogP contribution in [0.25, 0.3) is 0 Å². The molecule has 1 fully saturated rings. The summed E-state index contributed by atoms with van der Waals surface area (Å²) in [6.45, 7) is 2.71. The Bertz CT molecular complexity index is 518. The van der Waals surface area contributed by atoms with Gasteiger partial charge >= 0.3 is 0 Å². The zero-order valence-corrected chi connectivity index (χ0v) is 14.8. The summed E-state index contributed by atoms with van der Waals surface area (Å²) >= 11 is 0. The SMILES string of the molecule is CC#COCCC(=O)NCCO[C@@H]1O[C@H](CO)[C@H](O)[C@H](O)[C@H]1NC(C)=O. The van der Waals surface area contributed by atoms with E-state index < -0.39 is 43.2 Å². The van der Waals surface area contributed by atoms with Crippen molar-refractivity contribution in [2.75, 3.05) is 26.4 Å². The van der Waals surface area contributed by atoms with E-state index in [0.29, 0.717) is 0 Å². The number of aliphatic hydroxyl groups is 3. The summed E-state index contributed by atoms with van der Waals surface area (Å²) in [4.78, 5) is 22.9. The van der Waals surface area contributed by atoms with Crippen LogP contribution in [0.3, 0.4) is 0 Å². The molecule has 10 nitrogen and oxygen atoms in total. The highest BCUT2D eigenvalue weighted by Crippen LogP contribution is 2.22. The fourth-order valence-electron chi connectivity index (χ4n) is 2.33. The van der Waals surface area contributed by atoms with Crippen molar-refractivity contribution in [1.82, 2.24) is 10.6 Å². The summed E-state index contributed by atoms with van der Waals surface area (Å²) in [5.41, 5.74) is 0. The van der Waals surface area contributed by atoms with Crippen molar-refractivity contribution in [2.24, 2.45) is 0 Å². The smallest absolute Gasteiger partial charge is 0.223 e. The van der Waals surface area contributed by atoms with E-state index in [1.54, 1.807) is 6.92 Å². The predicted molar refractivity (Wildman–Crippen MR) is 88.3 cm³/mol. The Morgan fingerprint density at radius 3 is 2.58 bits per heavy atom. The Labute approximate surface area is 151 Å². The molecule has 0 aromatic rings. The molecule has 26 heavy (non-hydrogen) atoms. The molecule has 0 spiro atoms. The lowest BCUT2D eigenvalue weighted by atomic mass is 9.97. The van der Waals surface area contributed by atoms with Gasteiger partial charge in [0.2, 0.25) is 11.8 Å². The molecular weight excluding hydrogens is 348 g/mol. The molecule has 0 unspecified atom stereocenters. The van der Waals surface area contributed by atoms with Crippen molar-refractivity contribution in [2.45, 2.75) is 50.9 Å². The first kappa shape index (κ1) is 22.1. The minimum atomic E-state index is -1.37. The minimum absolute atomic E-state index is 0.0308. The molecule has 0 radical (unpaired) electrons. The summed E-state index contributed by atoms with van der Waals surface area (Å²) < 4.78 is 15.7. The molecule has 5 atom stereocenters. The molecule has 1 aliphatic rings. The summed E-state index contributed by atoms with van der Waals surface area (Å²) in [7, 11) is 0. The average Bonchev–Trinajstić information content (AvgIpc) is 2.61. The predicted octanol–water partition coefficient (Wildman–Crippen LogP) is -2.55. The lowest BCUT2D eigenvalue weighted by molar-refractivity contribution is -0.269. The lowest BCUT2D eigenvalue weighted by Crippen LogP contribution is -2.64. The summed E-state index contributed by atoms with van der Waals surface area (Å²) in [6, 6.07) is -1.01. The van der Waals surface area contributed by atoms with Crippen LogP contribution in [0.5, 0.6) is 0 Å². The molecule has 1 heterocycles. The van der Waals surface area contributed by atoms with E-state index in [4.69, 9.17) is 14.2 Å². The Balaban J connectivity index is 2.44. The standard InChI is InChI=1S/C16H26N2O8/c1-3-6-24-7-4-12(21)17-5-8-25-16-13(18-10(2)20)15(23)14(22)11(9-19)26-16/h11,13-16,19,22-23H,4-5,7-9H2,1-2H3,(H,17,21)(H,18,20)/t11-,13-,14+,15-,16-/m1/s1. The number of carbonyl (C=O) groups is 2. The second kappa shape index (κ2) is 11.7. The van der Waals surface area contributed by atoms with Crippen molar-refractivity contribution in [3.8, 4) is 12.0 Å². The first-order valence-corrected chi connectivity index (χ1v) is 8.22. The first-order valence-electron chi connectivity index (χ1n) is 8.22. The van der Waals surface area contributed by atoms with Gasteiger partial charge < -0.3 is 40.2 Å². The van der Waals surface area contributed by atoms with Gasteiger partial charge in [0, 0.05) is 20.4 Å². The van der Waals surface area contributed by atoms with Crippen molar-refractivity contribution in [1.29, 1.82) is 0 Å². The van der Waals surface area contributed by atoms with Gasteiger partial charge in [-0.25, -0.2) is 0 Å². The van der Waals surface area contributed by atoms with Crippen molar-refractivity contribution in [3.63, 3.8) is 0 Å². The van der Waals surface area contributed by atoms with Crippen molar-refractivity contribution < 1.29 is 39.1 Å². The molecule has 2 amide bonds. The molecule has 0 aliphatic carbocycles. The van der Waals surface area contributed by atoms with E-state index in [1.807, 2.05) is 0 Å². The van der Waals surface area contributed by atoms with Gasteiger partial charge in [0.1, 0.15) is 37.1 Å². The zero-order chi connectivity index (χ0) is 19.5. The van der Waals surface area contributed by atoms with Gasteiger partial charge in [-0.1, -0.05) is 5.92 Å². The maximum Gasteiger partial charge on any atom is 0.223 e. The van der Waals surface area contributed by atoms with Crippen LogP contribution in [0.15, 0.2) is 0 Å². The van der Waals surface area contributed by atoms with Crippen LogP contribution in [0, 0.1) is 12.0 Å². The maximum atomic E-state index is 11.6. The van der Waals surface area contributed by atoms with E-state index in [9.17, 15) is 24.9 Å². The zero-order valence-electron chi connectivity index (χ0n) is 14.8. The van der Waals surface area contributed by atoms with E-state index in [1.165, 1.54) is 6.92 Å². The van der Waals surface area contributed by atoms with Crippen LogP contribution >= 0.6 is 0 Å². The third kappa shape index (κ3) is 7.15. The monoisotopic (exact) mass is 374 g/mol. The Morgan fingerprint density at radius 2 is 1.96 bits per heavy atom. The van der Waals surface area contributed by atoms with Gasteiger partial charge in [-0.2, -0.15) is 0 Å². The topological polar surface area (TPSA) is 147 Å². The average molecular weight is 374 g/mol. The molecule has 1 saturated heterocycles. The van der Waals surface area contributed by atoms with Crippen LogP contribution in [0.2, 0.25) is 0 Å². The molecule has 10 heteroatoms. The van der Waals surface area contributed by atoms with E-state index in [-0.39, 0.29) is 32.1 Å². The number of carbonyl (C=O) groups excluding carboxylic acids is 2. The van der Waals surface area contributed by atoms with Gasteiger partial charge in [0.15, 0.2) is 6.29 Å². The third-order valence-corrected chi connectivity index (χ3v) is 3.56. The number of aliphatic hydroxyl groups excluding tert-OH is 3. The second-order valence-corrected chi connectivity index (χ2v) is 5.60. The number of hydrogen-bond acceptors (Lipinski definition) is 8. The fraction of sp³-hybridized carbons (Fsp3) is 0.750. The quantitative estimate of drug-likeness (QED) is 0.219. The van der Waals surface area contributed by atoms with Crippen LogP contribution in [0.4, 0.5) is 0 Å². The minimum Gasteiger partial charge on any atom is -0.446 e. The van der Waals surface area contributed by atoms with Crippen molar-refractivity contribution in [3.05, 3.63) is 0 Å². The lowest BCUT2D eigenvalue weighted by Gasteiger charge is -2.42. The molecule has 1 rings (SSSR count). The molecule has 0 bridgehead atoms. The van der Waals surface area contributed by atoms with Gasteiger partial charge in [-0.3, -0.25) is 9.59 Å². The first-order chi connectivity index (χ1) is 12.4. The molecular formula is C16H26N2O8. The highest BCUT2D eigenvalue weighted by molar-refractivity contribution is 5.75. The van der Waals surface area contributed by atoms with E-state index >= 15 is 0 Å². The van der Waals surface area contributed by atoms with E-state index in [2.05, 4.69) is 22.7 Å². The Kier molecular flexibility index (Phi) is 9.93. The fourth-order valence-corrected chi connectivity index (χ4v) is 2.33. The molecule has 0 aromatic carbocycles. The van der Waals surface area contributed by atoms with Gasteiger partial charge in [0.05, 0.1) is 19.6 Å². The second-order valence-electron chi connectivity index (χ2n) is 5.60. The number of amides is 2. The van der Waals surface area contributed by atoms with Crippen LogP contribution < -0.4 is 10.6 Å². The highest BCUT2D eigenvalue weighted by atomic mass is 16.7. The summed E-state index contributed by atoms with van der Waals surface area (Å²) in [5, 5.41) is 34.3. The number of rotatable bonds is 9. The number of ether oxygens (including phenoxy) is 3. The van der Waals surface area contributed by atoms with Crippen molar-refractivity contribution >= 4 is 11.8 Å². The van der Waals surface area contributed by atoms with Crippen LogP contribution in [-0.4, -0.2) is 84.1 Å². The molecule has 148 valence electrons. The number of hydrogen-bond donors (Lipinski definition) is 5. The Hall–Kier alpha value is -1.90. The van der Waals surface area contributed by atoms with Gasteiger partial charge in [0.25, 0.3) is 0 Å². The number of nitrogens with one attached hydrogen (secondary N) is 2. The van der Waals surface area contributed by atoms with E-state index in [0.717, 1.165) is 0 Å². The molecule has 0 aromatic heterocycles. The summed E-state index contributed by atoms with van der Waals surface area (Å²) in [6.07, 6.45) is -2.36. The largest absolute Gasteiger partial charge is 0.446 e. The molecule has 1 aliphatic heterocycles. The molecule has 0 saturated carbocycles. The summed E-state index contributed by atoms with van der Waals surface area (Å²) in [5.74, 6) is 1.85.